The van der Waals surface area contributed by atoms with E-state index < -0.39 is 5.97 Å². The van der Waals surface area contributed by atoms with Crippen LogP contribution in [0.2, 0.25) is 0 Å². The van der Waals surface area contributed by atoms with E-state index in [1.54, 1.807) is 12.1 Å². The van der Waals surface area contributed by atoms with Gasteiger partial charge in [-0.15, -0.1) is 0 Å². The Balaban J connectivity index is 2.02. The molecule has 0 aliphatic heterocycles. The van der Waals surface area contributed by atoms with Gasteiger partial charge in [-0.05, 0) is 18.6 Å². The average Bonchev–Trinajstić information content (AvgIpc) is 2.46. The second-order valence-electron chi connectivity index (χ2n) is 5.14. The van der Waals surface area contributed by atoms with Crippen LogP contribution in [0.3, 0.4) is 0 Å². The van der Waals surface area contributed by atoms with Crippen molar-refractivity contribution in [3.05, 3.63) is 23.9 Å². The van der Waals surface area contributed by atoms with E-state index in [1.165, 1.54) is 51.1 Å². The van der Waals surface area contributed by atoms with Crippen molar-refractivity contribution in [3.63, 3.8) is 0 Å². The van der Waals surface area contributed by atoms with E-state index in [2.05, 4.69) is 17.2 Å². The molecule has 0 unspecified atom stereocenters. The molecule has 0 saturated heterocycles. The van der Waals surface area contributed by atoms with Gasteiger partial charge in [0, 0.05) is 12.7 Å². The van der Waals surface area contributed by atoms with Gasteiger partial charge >= 0.3 is 5.97 Å². The van der Waals surface area contributed by atoms with Crippen LogP contribution in [0.25, 0.3) is 0 Å². The highest BCUT2D eigenvalue weighted by molar-refractivity contribution is 5.87. The number of anilines is 1. The summed E-state index contributed by atoms with van der Waals surface area (Å²) in [5, 5.41) is 12.0. The first-order valence-electron chi connectivity index (χ1n) is 7.67. The Morgan fingerprint density at radius 2 is 1.75 bits per heavy atom. The molecule has 0 radical (unpaired) electrons. The average molecular weight is 278 g/mol. The number of rotatable bonds is 11. The second-order valence-corrected chi connectivity index (χ2v) is 5.14. The fraction of sp³-hybridized carbons (Fsp3) is 0.625. The lowest BCUT2D eigenvalue weighted by atomic mass is 10.1. The van der Waals surface area contributed by atoms with Gasteiger partial charge in [-0.25, -0.2) is 9.78 Å². The van der Waals surface area contributed by atoms with Gasteiger partial charge in [-0.1, -0.05) is 51.9 Å². The molecule has 2 N–H and O–H groups in total. The highest BCUT2D eigenvalue weighted by Crippen LogP contribution is 2.09. The normalized spacial score (nSPS) is 10.4. The van der Waals surface area contributed by atoms with Crippen LogP contribution in [-0.4, -0.2) is 22.6 Å². The van der Waals surface area contributed by atoms with Crippen LogP contribution >= 0.6 is 0 Å². The number of aromatic carboxylic acids is 1. The molecule has 0 bridgehead atoms. The Morgan fingerprint density at radius 1 is 1.10 bits per heavy atom. The largest absolute Gasteiger partial charge is 0.478 e. The minimum Gasteiger partial charge on any atom is -0.478 e. The minimum absolute atomic E-state index is 0.225. The Kier molecular flexibility index (Phi) is 8.43. The summed E-state index contributed by atoms with van der Waals surface area (Å²) in [4.78, 5) is 14.8. The van der Waals surface area contributed by atoms with E-state index in [0.717, 1.165) is 18.8 Å². The molecular formula is C16H26N2O2. The SMILES string of the molecule is CCCCCCCCCCNc1ccc(C(=O)O)cn1. The molecule has 0 spiro atoms. The third-order valence-electron chi connectivity index (χ3n) is 3.35. The topological polar surface area (TPSA) is 62.2 Å². The van der Waals surface area contributed by atoms with Crippen LogP contribution in [0.15, 0.2) is 18.3 Å². The lowest BCUT2D eigenvalue weighted by Gasteiger charge is -2.05. The predicted octanol–water partition coefficient (Wildman–Crippen LogP) is 4.33. The number of hydrogen-bond acceptors (Lipinski definition) is 3. The zero-order valence-electron chi connectivity index (χ0n) is 12.4. The van der Waals surface area contributed by atoms with Crippen molar-refractivity contribution in [3.8, 4) is 0 Å². The van der Waals surface area contributed by atoms with Crippen LogP contribution in [0.4, 0.5) is 5.82 Å². The summed E-state index contributed by atoms with van der Waals surface area (Å²) in [5.41, 5.74) is 0.225. The van der Waals surface area contributed by atoms with Crippen LogP contribution < -0.4 is 5.32 Å². The summed E-state index contributed by atoms with van der Waals surface area (Å²) in [6, 6.07) is 3.29. The first-order chi connectivity index (χ1) is 9.74. The first-order valence-corrected chi connectivity index (χ1v) is 7.67. The zero-order valence-corrected chi connectivity index (χ0v) is 12.4. The van der Waals surface area contributed by atoms with Crippen LogP contribution in [0.1, 0.15) is 68.6 Å². The van der Waals surface area contributed by atoms with E-state index in [9.17, 15) is 4.79 Å². The highest BCUT2D eigenvalue weighted by atomic mass is 16.4. The minimum atomic E-state index is -0.938. The van der Waals surface area contributed by atoms with Gasteiger partial charge in [0.1, 0.15) is 5.82 Å². The number of aromatic nitrogens is 1. The predicted molar refractivity (Wildman–Crippen MR) is 82.3 cm³/mol. The molecule has 1 aromatic heterocycles. The summed E-state index contributed by atoms with van der Waals surface area (Å²) in [6.45, 7) is 3.14. The van der Waals surface area contributed by atoms with E-state index in [4.69, 9.17) is 5.11 Å². The van der Waals surface area contributed by atoms with E-state index in [-0.39, 0.29) is 5.56 Å². The Morgan fingerprint density at radius 3 is 2.30 bits per heavy atom. The third kappa shape index (κ3) is 7.12. The maximum atomic E-state index is 10.7. The monoisotopic (exact) mass is 278 g/mol. The molecule has 4 nitrogen and oxygen atoms in total. The molecular weight excluding hydrogens is 252 g/mol. The summed E-state index contributed by atoms with van der Waals surface area (Å²) in [7, 11) is 0. The molecule has 1 heterocycles. The number of carbonyl (C=O) groups is 1. The van der Waals surface area contributed by atoms with Crippen molar-refractivity contribution in [1.82, 2.24) is 4.98 Å². The van der Waals surface area contributed by atoms with Gasteiger partial charge in [0.2, 0.25) is 0 Å². The maximum absolute atomic E-state index is 10.7. The number of pyridine rings is 1. The fourth-order valence-corrected chi connectivity index (χ4v) is 2.10. The first kappa shape index (κ1) is 16.5. The number of carboxylic acids is 1. The van der Waals surface area contributed by atoms with Crippen molar-refractivity contribution in [2.24, 2.45) is 0 Å². The molecule has 0 aliphatic rings. The van der Waals surface area contributed by atoms with Crippen molar-refractivity contribution >= 4 is 11.8 Å². The molecule has 0 aliphatic carbocycles. The zero-order chi connectivity index (χ0) is 14.6. The van der Waals surface area contributed by atoms with Gasteiger partial charge in [0.25, 0.3) is 0 Å². The number of unbranched alkanes of at least 4 members (excludes halogenated alkanes) is 7. The van der Waals surface area contributed by atoms with E-state index >= 15 is 0 Å². The third-order valence-corrected chi connectivity index (χ3v) is 3.35. The molecule has 1 aromatic rings. The summed E-state index contributed by atoms with van der Waals surface area (Å²) >= 11 is 0. The second kappa shape index (κ2) is 10.2. The van der Waals surface area contributed by atoms with Crippen molar-refractivity contribution in [1.29, 1.82) is 0 Å². The standard InChI is InChI=1S/C16H26N2O2/c1-2-3-4-5-6-7-8-9-12-17-15-11-10-14(13-18-15)16(19)20/h10-11,13H,2-9,12H2,1H3,(H,17,18)(H,19,20). The van der Waals surface area contributed by atoms with Gasteiger partial charge in [0.15, 0.2) is 0 Å². The number of nitrogens with one attached hydrogen (secondary N) is 1. The van der Waals surface area contributed by atoms with Crippen molar-refractivity contribution in [2.75, 3.05) is 11.9 Å². The van der Waals surface area contributed by atoms with Crippen LogP contribution in [-0.2, 0) is 0 Å². The number of nitrogens with zero attached hydrogens (tertiary/aromatic N) is 1. The Hall–Kier alpha value is -1.58. The summed E-state index contributed by atoms with van der Waals surface area (Å²) in [5.74, 6) is -0.190. The quantitative estimate of drug-likeness (QED) is 0.591. The van der Waals surface area contributed by atoms with Crippen molar-refractivity contribution in [2.45, 2.75) is 58.3 Å². The molecule has 0 aromatic carbocycles. The Labute approximate surface area is 121 Å². The molecule has 112 valence electrons. The van der Waals surface area contributed by atoms with Crippen LogP contribution in [0.5, 0.6) is 0 Å². The van der Waals surface area contributed by atoms with E-state index in [0.29, 0.717) is 0 Å². The van der Waals surface area contributed by atoms with Crippen molar-refractivity contribution < 1.29 is 9.90 Å². The highest BCUT2D eigenvalue weighted by Gasteiger charge is 2.02. The lowest BCUT2D eigenvalue weighted by molar-refractivity contribution is 0.0696. The molecule has 0 amide bonds. The lowest BCUT2D eigenvalue weighted by Crippen LogP contribution is -2.04. The summed E-state index contributed by atoms with van der Waals surface area (Å²) < 4.78 is 0. The molecule has 4 heteroatoms. The van der Waals surface area contributed by atoms with Gasteiger partial charge in [-0.2, -0.15) is 0 Å². The van der Waals surface area contributed by atoms with Gasteiger partial charge < -0.3 is 10.4 Å². The van der Waals surface area contributed by atoms with Gasteiger partial charge in [0.05, 0.1) is 5.56 Å². The maximum Gasteiger partial charge on any atom is 0.337 e. The molecule has 1 rings (SSSR count). The molecule has 0 atom stereocenters. The fourth-order valence-electron chi connectivity index (χ4n) is 2.10. The van der Waals surface area contributed by atoms with Gasteiger partial charge in [-0.3, -0.25) is 0 Å². The molecule has 20 heavy (non-hydrogen) atoms. The smallest absolute Gasteiger partial charge is 0.337 e. The van der Waals surface area contributed by atoms with Crippen LogP contribution in [0, 0.1) is 0 Å². The van der Waals surface area contributed by atoms with E-state index in [1.807, 2.05) is 0 Å². The molecule has 0 fully saturated rings. The number of hydrogen-bond donors (Lipinski definition) is 2. The molecule has 0 saturated carbocycles. The number of carboxylic acid groups (broad SMARTS) is 1. The summed E-state index contributed by atoms with van der Waals surface area (Å²) in [6.07, 6.45) is 11.8. The Bertz CT molecular complexity index is 377.